The number of nitrogens with one attached hydrogen (secondary N) is 3. The number of pyridine rings is 1. The summed E-state index contributed by atoms with van der Waals surface area (Å²) in [5.74, 6) is 0.394. The van der Waals surface area contributed by atoms with Crippen molar-refractivity contribution >= 4 is 17.2 Å². The third-order valence-electron chi connectivity index (χ3n) is 6.57. The second-order valence-corrected chi connectivity index (χ2v) is 10.9. The van der Waals surface area contributed by atoms with E-state index in [1.807, 2.05) is 0 Å². The molecular weight excluding hydrogens is 445 g/mol. The number of halogens is 1. The Morgan fingerprint density at radius 1 is 1.11 bits per heavy atom. The van der Waals surface area contributed by atoms with Gasteiger partial charge in [-0.1, -0.05) is 0 Å². The summed E-state index contributed by atoms with van der Waals surface area (Å²) in [6, 6.07) is 7.42. The van der Waals surface area contributed by atoms with Crippen LogP contribution in [-0.2, 0) is 0 Å². The molecule has 2 aromatic heterocycles. The molecule has 1 aromatic carbocycles. The van der Waals surface area contributed by atoms with Crippen LogP contribution in [0.5, 0.6) is 0 Å². The Hall–Kier alpha value is -3.58. The molecule has 0 atom stereocenters. The van der Waals surface area contributed by atoms with Gasteiger partial charge in [0.15, 0.2) is 0 Å². The molecule has 5 rings (SSSR count). The summed E-state index contributed by atoms with van der Waals surface area (Å²) in [4.78, 5) is 4.36. The Labute approximate surface area is 204 Å². The first-order chi connectivity index (χ1) is 16.6. The van der Waals surface area contributed by atoms with E-state index < -0.39 is 0 Å². The SMILES string of the molecule is CC1(C)CC(Nc2cc(Nc3cc(-n4cnnn4)c(C4CC4)cc3F)ncc2C#N)CC(C)(C)N1. The highest BCUT2D eigenvalue weighted by molar-refractivity contribution is 5.68. The molecule has 3 heterocycles. The smallest absolute Gasteiger partial charge is 0.147 e. The zero-order valence-corrected chi connectivity index (χ0v) is 20.4. The second kappa shape index (κ2) is 8.57. The van der Waals surface area contributed by atoms with Crippen LogP contribution in [0, 0.1) is 17.1 Å². The molecule has 1 aliphatic carbocycles. The molecule has 9 nitrogen and oxygen atoms in total. The van der Waals surface area contributed by atoms with Gasteiger partial charge in [0.2, 0.25) is 0 Å². The number of benzene rings is 1. The summed E-state index contributed by atoms with van der Waals surface area (Å²) in [7, 11) is 0. The van der Waals surface area contributed by atoms with E-state index in [9.17, 15) is 5.26 Å². The summed E-state index contributed by atoms with van der Waals surface area (Å²) >= 11 is 0. The molecule has 3 aromatic rings. The lowest BCUT2D eigenvalue weighted by Crippen LogP contribution is -2.60. The predicted molar refractivity (Wildman–Crippen MR) is 131 cm³/mol. The summed E-state index contributed by atoms with van der Waals surface area (Å²) < 4.78 is 16.7. The number of hydrogen-bond donors (Lipinski definition) is 3. The Balaban J connectivity index is 1.43. The van der Waals surface area contributed by atoms with Crippen LogP contribution >= 0.6 is 0 Å². The van der Waals surface area contributed by atoms with Gasteiger partial charge >= 0.3 is 0 Å². The Bertz CT molecular complexity index is 1260. The highest BCUT2D eigenvalue weighted by atomic mass is 19.1. The summed E-state index contributed by atoms with van der Waals surface area (Å²) in [6.07, 6.45) is 6.88. The van der Waals surface area contributed by atoms with Crippen LogP contribution in [-0.4, -0.2) is 42.3 Å². The van der Waals surface area contributed by atoms with Crippen molar-refractivity contribution in [3.05, 3.63) is 47.7 Å². The lowest BCUT2D eigenvalue weighted by Gasteiger charge is -2.47. The molecule has 3 N–H and O–H groups in total. The standard InChI is InChI=1S/C25H30FN9/c1-24(2)10-17(11-25(3,4)32-24)30-20-9-23(28-13-16(20)12-27)31-21-8-22(35-14-29-33-34-35)18(7-19(21)26)15-5-6-15/h7-9,13-15,17,32H,5-6,10-11H2,1-4H3,(H2,28,30,31). The number of nitrogens with zero attached hydrogens (tertiary/aromatic N) is 6. The predicted octanol–water partition coefficient (Wildman–Crippen LogP) is 4.41. The molecule has 0 amide bonds. The van der Waals surface area contributed by atoms with Crippen molar-refractivity contribution < 1.29 is 4.39 Å². The van der Waals surface area contributed by atoms with Gasteiger partial charge in [0.25, 0.3) is 0 Å². The quantitative estimate of drug-likeness (QED) is 0.480. The van der Waals surface area contributed by atoms with Crippen LogP contribution in [0.25, 0.3) is 5.69 Å². The van der Waals surface area contributed by atoms with Crippen LogP contribution in [0.2, 0.25) is 0 Å². The molecule has 1 saturated heterocycles. The molecule has 1 saturated carbocycles. The molecule has 0 bridgehead atoms. The van der Waals surface area contributed by atoms with Crippen LogP contribution < -0.4 is 16.0 Å². The van der Waals surface area contributed by atoms with Gasteiger partial charge in [-0.25, -0.2) is 14.1 Å². The highest BCUT2D eigenvalue weighted by Gasteiger charge is 2.37. The first kappa shape index (κ1) is 23.2. The van der Waals surface area contributed by atoms with Crippen LogP contribution in [0.3, 0.4) is 0 Å². The van der Waals surface area contributed by atoms with Crippen LogP contribution in [0.15, 0.2) is 30.7 Å². The van der Waals surface area contributed by atoms with Gasteiger partial charge in [-0.2, -0.15) is 5.26 Å². The number of aromatic nitrogens is 5. The molecule has 0 unspecified atom stereocenters. The van der Waals surface area contributed by atoms with E-state index in [0.29, 0.717) is 23.0 Å². The highest BCUT2D eigenvalue weighted by Crippen LogP contribution is 2.44. The molecule has 0 radical (unpaired) electrons. The number of tetrazole rings is 1. The van der Waals surface area contributed by atoms with Gasteiger partial charge in [0.1, 0.15) is 24.0 Å². The lowest BCUT2D eigenvalue weighted by molar-refractivity contribution is 0.170. The zero-order chi connectivity index (χ0) is 24.8. The number of hydrogen-bond acceptors (Lipinski definition) is 8. The Kier molecular flexibility index (Phi) is 5.68. The molecule has 2 fully saturated rings. The van der Waals surface area contributed by atoms with Gasteiger partial charge in [-0.3, -0.25) is 0 Å². The fourth-order valence-corrected chi connectivity index (χ4v) is 5.38. The maximum Gasteiger partial charge on any atom is 0.147 e. The number of rotatable bonds is 6. The third-order valence-corrected chi connectivity index (χ3v) is 6.57. The minimum absolute atomic E-state index is 0.0423. The Morgan fingerprint density at radius 3 is 2.49 bits per heavy atom. The molecule has 35 heavy (non-hydrogen) atoms. The normalized spacial score (nSPS) is 19.2. The minimum Gasteiger partial charge on any atom is -0.381 e. The van der Waals surface area contributed by atoms with Crippen molar-refractivity contribution in [3.63, 3.8) is 0 Å². The lowest BCUT2D eigenvalue weighted by atomic mass is 9.79. The maximum absolute atomic E-state index is 15.1. The van der Waals surface area contributed by atoms with Crippen molar-refractivity contribution in [2.24, 2.45) is 0 Å². The van der Waals surface area contributed by atoms with E-state index in [-0.39, 0.29) is 28.6 Å². The average Bonchev–Trinajstić information content (AvgIpc) is 3.46. The van der Waals surface area contributed by atoms with Gasteiger partial charge in [-0.05, 0) is 87.4 Å². The summed E-state index contributed by atoms with van der Waals surface area (Å²) in [6.45, 7) is 8.74. The van der Waals surface area contributed by atoms with Gasteiger partial charge in [0.05, 0.1) is 22.6 Å². The molecule has 2 aliphatic rings. The largest absolute Gasteiger partial charge is 0.381 e. The van der Waals surface area contributed by atoms with Gasteiger partial charge < -0.3 is 16.0 Å². The monoisotopic (exact) mass is 475 g/mol. The number of piperidine rings is 1. The van der Waals surface area contributed by atoms with E-state index in [1.54, 1.807) is 22.9 Å². The van der Waals surface area contributed by atoms with Crippen molar-refractivity contribution in [3.8, 4) is 11.8 Å². The first-order valence-corrected chi connectivity index (χ1v) is 11.9. The van der Waals surface area contributed by atoms with Crippen molar-refractivity contribution in [2.45, 2.75) is 76.4 Å². The van der Waals surface area contributed by atoms with E-state index in [1.165, 1.54) is 12.5 Å². The van der Waals surface area contributed by atoms with Crippen LogP contribution in [0.4, 0.5) is 21.6 Å². The minimum atomic E-state index is -0.369. The van der Waals surface area contributed by atoms with Crippen molar-refractivity contribution in [1.29, 1.82) is 5.26 Å². The average molecular weight is 476 g/mol. The van der Waals surface area contributed by atoms with Crippen LogP contribution in [0.1, 0.15) is 70.4 Å². The molecule has 182 valence electrons. The number of anilines is 3. The molecule has 1 aliphatic heterocycles. The van der Waals surface area contributed by atoms with E-state index in [0.717, 1.165) is 36.9 Å². The van der Waals surface area contributed by atoms with E-state index in [2.05, 4.69) is 70.2 Å². The third kappa shape index (κ3) is 5.10. The molecule has 10 heteroatoms. The fraction of sp³-hybridized carbons (Fsp3) is 0.480. The maximum atomic E-state index is 15.1. The second-order valence-electron chi connectivity index (χ2n) is 10.9. The number of nitriles is 1. The summed E-state index contributed by atoms with van der Waals surface area (Å²) in [5, 5.41) is 31.4. The topological polar surface area (TPSA) is 116 Å². The van der Waals surface area contributed by atoms with E-state index >= 15 is 4.39 Å². The molecular formula is C25H30FN9. The Morgan fingerprint density at radius 2 is 1.86 bits per heavy atom. The van der Waals surface area contributed by atoms with Gasteiger partial charge in [0, 0.05) is 29.4 Å². The van der Waals surface area contributed by atoms with E-state index in [4.69, 9.17) is 0 Å². The fourth-order valence-electron chi connectivity index (χ4n) is 5.38. The van der Waals surface area contributed by atoms with Crippen molar-refractivity contribution in [2.75, 3.05) is 10.6 Å². The van der Waals surface area contributed by atoms with Crippen molar-refractivity contribution in [1.82, 2.24) is 30.5 Å². The zero-order valence-electron chi connectivity index (χ0n) is 20.4. The summed E-state index contributed by atoms with van der Waals surface area (Å²) in [5.41, 5.74) is 2.95. The first-order valence-electron chi connectivity index (χ1n) is 11.9. The molecule has 0 spiro atoms. The van der Waals surface area contributed by atoms with Gasteiger partial charge in [-0.15, -0.1) is 5.10 Å².